The predicted octanol–water partition coefficient (Wildman–Crippen LogP) is 3.37. The van der Waals surface area contributed by atoms with Crippen LogP contribution >= 0.6 is 0 Å². The summed E-state index contributed by atoms with van der Waals surface area (Å²) < 4.78 is 0. The number of benzene rings is 2. The smallest absolute Gasteiger partial charge is 0.0399 e. The van der Waals surface area contributed by atoms with E-state index < -0.39 is 0 Å². The molecule has 0 atom stereocenters. The van der Waals surface area contributed by atoms with E-state index in [1.54, 1.807) is 0 Å². The summed E-state index contributed by atoms with van der Waals surface area (Å²) in [6.45, 7) is 16.6. The minimum absolute atomic E-state index is 1.10. The second-order valence-corrected chi connectivity index (χ2v) is 11.7. The van der Waals surface area contributed by atoms with Crippen LogP contribution in [-0.4, -0.2) is 125 Å². The number of para-hydroxylation sites is 2. The molecule has 3 aliphatic rings. The average Bonchev–Trinajstić information content (AvgIpc) is 2.96. The highest BCUT2D eigenvalue weighted by Gasteiger charge is 2.21. The Bertz CT molecular complexity index is 892. The standard InChI is InChI=1S/C32H50N6/c1-33-17-21-35(22-18-33)15-7-11-29-9-3-5-13-31(29)37-25-27-38(28-26-37)32-14-6-4-10-30(32)12-8-16-36-23-19-34(2)20-24-36/h3-6,9-10,13-14H,7-8,11-12,15-28H2,1-2H3. The first-order chi connectivity index (χ1) is 18.7. The zero-order chi connectivity index (χ0) is 26.2. The van der Waals surface area contributed by atoms with E-state index in [9.17, 15) is 0 Å². The summed E-state index contributed by atoms with van der Waals surface area (Å²) in [6, 6.07) is 18.3. The van der Waals surface area contributed by atoms with Crippen molar-refractivity contribution in [3.63, 3.8) is 0 Å². The van der Waals surface area contributed by atoms with E-state index in [4.69, 9.17) is 0 Å². The molecule has 0 amide bonds. The molecule has 6 heteroatoms. The monoisotopic (exact) mass is 518 g/mol. The number of aryl methyl sites for hydroxylation is 2. The third-order valence-electron chi connectivity index (χ3n) is 8.98. The summed E-state index contributed by atoms with van der Waals surface area (Å²) in [7, 11) is 4.48. The number of nitrogens with zero attached hydrogens (tertiary/aromatic N) is 6. The lowest BCUT2D eigenvalue weighted by molar-refractivity contribution is 0.153. The van der Waals surface area contributed by atoms with E-state index in [1.165, 1.54) is 114 Å². The van der Waals surface area contributed by atoms with Crippen LogP contribution in [-0.2, 0) is 12.8 Å². The fourth-order valence-corrected chi connectivity index (χ4v) is 6.38. The maximum atomic E-state index is 2.64. The molecule has 2 aromatic rings. The van der Waals surface area contributed by atoms with Crippen LogP contribution in [0, 0.1) is 0 Å². The van der Waals surface area contributed by atoms with Crippen molar-refractivity contribution in [1.29, 1.82) is 0 Å². The Morgan fingerprint density at radius 2 is 0.842 bits per heavy atom. The largest absolute Gasteiger partial charge is 0.368 e. The van der Waals surface area contributed by atoms with E-state index in [0.29, 0.717) is 0 Å². The van der Waals surface area contributed by atoms with Crippen LogP contribution in [0.1, 0.15) is 24.0 Å². The number of hydrogen-bond acceptors (Lipinski definition) is 6. The molecule has 0 aromatic heterocycles. The molecule has 0 saturated carbocycles. The molecule has 208 valence electrons. The second-order valence-electron chi connectivity index (χ2n) is 11.7. The van der Waals surface area contributed by atoms with Crippen molar-refractivity contribution >= 4 is 11.4 Å². The van der Waals surface area contributed by atoms with Crippen LogP contribution in [0.15, 0.2) is 48.5 Å². The highest BCUT2D eigenvalue weighted by molar-refractivity contribution is 5.58. The lowest BCUT2D eigenvalue weighted by Crippen LogP contribution is -2.47. The molecule has 3 aliphatic heterocycles. The predicted molar refractivity (Wildman–Crippen MR) is 162 cm³/mol. The molecular weight excluding hydrogens is 468 g/mol. The maximum absolute atomic E-state index is 2.64. The minimum Gasteiger partial charge on any atom is -0.368 e. The van der Waals surface area contributed by atoms with Crippen molar-refractivity contribution in [1.82, 2.24) is 19.6 Å². The van der Waals surface area contributed by atoms with Gasteiger partial charge >= 0.3 is 0 Å². The molecule has 6 nitrogen and oxygen atoms in total. The van der Waals surface area contributed by atoms with Gasteiger partial charge in [0, 0.05) is 89.9 Å². The zero-order valence-electron chi connectivity index (χ0n) is 24.0. The van der Waals surface area contributed by atoms with Gasteiger partial charge in [0.05, 0.1) is 0 Å². The van der Waals surface area contributed by atoms with Crippen molar-refractivity contribution in [3.05, 3.63) is 59.7 Å². The van der Waals surface area contributed by atoms with Crippen molar-refractivity contribution in [3.8, 4) is 0 Å². The number of piperazine rings is 3. The Hall–Kier alpha value is -2.12. The lowest BCUT2D eigenvalue weighted by atomic mass is 10.0. The van der Waals surface area contributed by atoms with Crippen LogP contribution in [0.3, 0.4) is 0 Å². The summed E-state index contributed by atoms with van der Waals surface area (Å²) >= 11 is 0. The molecule has 0 radical (unpaired) electrons. The Labute approximate surface area is 231 Å². The molecule has 0 aliphatic carbocycles. The third-order valence-corrected chi connectivity index (χ3v) is 8.98. The molecule has 3 fully saturated rings. The second kappa shape index (κ2) is 13.8. The average molecular weight is 519 g/mol. The molecule has 5 rings (SSSR count). The summed E-state index contributed by atoms with van der Waals surface area (Å²) in [5.74, 6) is 0. The van der Waals surface area contributed by atoms with Gasteiger partial charge in [-0.2, -0.15) is 0 Å². The molecule has 3 saturated heterocycles. The Kier molecular flexibility index (Phi) is 9.96. The molecule has 0 N–H and O–H groups in total. The molecule has 2 aromatic carbocycles. The van der Waals surface area contributed by atoms with Gasteiger partial charge in [0.1, 0.15) is 0 Å². The van der Waals surface area contributed by atoms with Gasteiger partial charge in [0.2, 0.25) is 0 Å². The van der Waals surface area contributed by atoms with Crippen LogP contribution in [0.4, 0.5) is 11.4 Å². The Balaban J connectivity index is 1.11. The van der Waals surface area contributed by atoms with Crippen LogP contribution in [0.25, 0.3) is 0 Å². The molecular formula is C32H50N6. The first-order valence-corrected chi connectivity index (χ1v) is 15.1. The van der Waals surface area contributed by atoms with Gasteiger partial charge in [0.25, 0.3) is 0 Å². The van der Waals surface area contributed by atoms with E-state index >= 15 is 0 Å². The van der Waals surface area contributed by atoms with Gasteiger partial charge < -0.3 is 29.4 Å². The SMILES string of the molecule is CN1CCN(CCCc2ccccc2N2CCN(c3ccccc3CCCN3CCN(C)CC3)CC2)CC1. The fraction of sp³-hybridized carbons (Fsp3) is 0.625. The van der Waals surface area contributed by atoms with Crippen molar-refractivity contribution < 1.29 is 0 Å². The molecule has 0 unspecified atom stereocenters. The normalized spacial score (nSPS) is 20.8. The minimum atomic E-state index is 1.10. The third kappa shape index (κ3) is 7.50. The first-order valence-electron chi connectivity index (χ1n) is 15.1. The molecule has 3 heterocycles. The van der Waals surface area contributed by atoms with Gasteiger partial charge in [-0.3, -0.25) is 0 Å². The van der Waals surface area contributed by atoms with E-state index in [0.717, 1.165) is 26.2 Å². The molecule has 0 spiro atoms. The zero-order valence-corrected chi connectivity index (χ0v) is 24.0. The molecule has 38 heavy (non-hydrogen) atoms. The number of hydrogen-bond donors (Lipinski definition) is 0. The van der Waals surface area contributed by atoms with E-state index in [2.05, 4.69) is 92.0 Å². The van der Waals surface area contributed by atoms with Gasteiger partial charge in [0.15, 0.2) is 0 Å². The van der Waals surface area contributed by atoms with Crippen LogP contribution < -0.4 is 9.80 Å². The van der Waals surface area contributed by atoms with Crippen LogP contribution in [0.5, 0.6) is 0 Å². The highest BCUT2D eigenvalue weighted by Crippen LogP contribution is 2.27. The van der Waals surface area contributed by atoms with Crippen molar-refractivity contribution in [2.75, 3.05) is 116 Å². The van der Waals surface area contributed by atoms with Crippen molar-refractivity contribution in [2.24, 2.45) is 0 Å². The topological polar surface area (TPSA) is 19.4 Å². The van der Waals surface area contributed by atoms with E-state index in [1.807, 2.05) is 0 Å². The summed E-state index contributed by atoms with van der Waals surface area (Å²) in [6.07, 6.45) is 4.86. The van der Waals surface area contributed by atoms with Gasteiger partial charge in [-0.05, 0) is 76.1 Å². The number of likely N-dealkylation sites (N-methyl/N-ethyl adjacent to an activating group) is 2. The van der Waals surface area contributed by atoms with Gasteiger partial charge in [-0.25, -0.2) is 0 Å². The quantitative estimate of drug-likeness (QED) is 0.477. The van der Waals surface area contributed by atoms with Gasteiger partial charge in [-0.15, -0.1) is 0 Å². The number of rotatable bonds is 10. The van der Waals surface area contributed by atoms with Gasteiger partial charge in [-0.1, -0.05) is 36.4 Å². The Morgan fingerprint density at radius 3 is 1.24 bits per heavy atom. The lowest BCUT2D eigenvalue weighted by Gasteiger charge is -2.39. The Morgan fingerprint density at radius 1 is 0.474 bits per heavy atom. The summed E-state index contributed by atoms with van der Waals surface area (Å²) in [5.41, 5.74) is 5.98. The highest BCUT2D eigenvalue weighted by atomic mass is 15.3. The number of anilines is 2. The fourth-order valence-electron chi connectivity index (χ4n) is 6.38. The summed E-state index contributed by atoms with van der Waals surface area (Å²) in [4.78, 5) is 15.4. The molecule has 0 bridgehead atoms. The van der Waals surface area contributed by atoms with Crippen molar-refractivity contribution in [2.45, 2.75) is 25.7 Å². The van der Waals surface area contributed by atoms with Crippen LogP contribution in [0.2, 0.25) is 0 Å². The van der Waals surface area contributed by atoms with E-state index in [-0.39, 0.29) is 0 Å². The summed E-state index contributed by atoms with van der Waals surface area (Å²) in [5, 5.41) is 0. The first kappa shape index (κ1) is 27.4. The maximum Gasteiger partial charge on any atom is 0.0399 e.